The van der Waals surface area contributed by atoms with Crippen molar-refractivity contribution in [3.8, 4) is 17.2 Å². The number of carbonyl (C=O) groups is 2. The van der Waals surface area contributed by atoms with Crippen molar-refractivity contribution in [2.45, 2.75) is 64.1 Å². The van der Waals surface area contributed by atoms with Crippen LogP contribution >= 0.6 is 22.6 Å². The molecule has 1 aliphatic carbocycles. The van der Waals surface area contributed by atoms with Gasteiger partial charge in [-0.3, -0.25) is 19.4 Å². The van der Waals surface area contributed by atoms with Gasteiger partial charge in [-0.2, -0.15) is 0 Å². The topological polar surface area (TPSA) is 88.5 Å². The molecule has 8 nitrogen and oxygen atoms in total. The minimum Gasteiger partial charge on any atom is -0.504 e. The molecular weight excluding hydrogens is 755 g/mol. The third-order valence-electron chi connectivity index (χ3n) is 11.2. The number of amides is 2. The van der Waals surface area contributed by atoms with E-state index >= 15 is 0 Å². The third-order valence-corrected chi connectivity index (χ3v) is 12.0. The number of phenolic OH excluding ortho intramolecular Hbond substituents is 1. The van der Waals surface area contributed by atoms with Gasteiger partial charge in [0.15, 0.2) is 11.5 Å². The number of likely N-dealkylation sites (tertiary alicyclic amines) is 2. The van der Waals surface area contributed by atoms with Crippen LogP contribution in [0.5, 0.6) is 17.2 Å². The summed E-state index contributed by atoms with van der Waals surface area (Å²) in [4.78, 5) is 32.6. The fraction of sp³-hybridized carbons (Fsp3) is 0.429. The Labute approximate surface area is 314 Å². The van der Waals surface area contributed by atoms with E-state index < -0.39 is 0 Å². The first-order valence-corrected chi connectivity index (χ1v) is 19.3. The van der Waals surface area contributed by atoms with Crippen molar-refractivity contribution >= 4 is 40.5 Å². The number of allylic oxidation sites excluding steroid dienone is 1. The number of fused-ring (bicyclic) bond motifs is 3. The Morgan fingerprint density at radius 3 is 2.43 bits per heavy atom. The number of aromatic hydroxyl groups is 1. The van der Waals surface area contributed by atoms with Gasteiger partial charge in [0.25, 0.3) is 0 Å². The maximum atomic E-state index is 14.3. The zero-order chi connectivity index (χ0) is 35.5. The molecule has 3 aromatic carbocycles. The van der Waals surface area contributed by atoms with Crippen LogP contribution in [0, 0.1) is 21.3 Å². The summed E-state index contributed by atoms with van der Waals surface area (Å²) in [6.07, 6.45) is 6.62. The molecule has 9 heteroatoms. The molecule has 0 radical (unpaired) electrons. The van der Waals surface area contributed by atoms with Crippen LogP contribution < -0.4 is 9.47 Å². The fourth-order valence-corrected chi connectivity index (χ4v) is 9.22. The van der Waals surface area contributed by atoms with Gasteiger partial charge >= 0.3 is 0 Å². The van der Waals surface area contributed by atoms with Gasteiger partial charge in [-0.15, -0.1) is 0 Å². The second-order valence-corrected chi connectivity index (χ2v) is 15.4. The predicted molar refractivity (Wildman–Crippen MR) is 205 cm³/mol. The quantitative estimate of drug-likeness (QED) is 0.115. The molecule has 51 heavy (non-hydrogen) atoms. The van der Waals surface area contributed by atoms with Gasteiger partial charge in [0.2, 0.25) is 11.8 Å². The predicted octanol–water partition coefficient (Wildman–Crippen LogP) is 7.64. The van der Waals surface area contributed by atoms with E-state index in [-0.39, 0.29) is 47.5 Å². The van der Waals surface area contributed by atoms with Crippen LogP contribution in [0.3, 0.4) is 0 Å². The molecule has 3 aromatic rings. The van der Waals surface area contributed by atoms with Gasteiger partial charge in [0, 0.05) is 31.6 Å². The van der Waals surface area contributed by atoms with Gasteiger partial charge in [-0.25, -0.2) is 0 Å². The van der Waals surface area contributed by atoms with Crippen LogP contribution in [0.25, 0.3) is 6.08 Å². The molecule has 0 aromatic heterocycles. The van der Waals surface area contributed by atoms with Crippen LogP contribution in [0.2, 0.25) is 0 Å². The Hall–Kier alpha value is -3.67. The van der Waals surface area contributed by atoms with Crippen LogP contribution in [0.15, 0.2) is 89.5 Å². The number of methoxy groups -OCH3 is 1. The standard InChI is InChI=1S/C42H47IN2O6/c1-3-27(20-29-21-35(43)40(46)37(22-29)49-2)14-15-36-38-30(25-50-32-12-8-5-9-13-32)23-33-39(34(38)26-51-36)42(48)45(41(33)47)31-16-18-44(19-17-31)24-28-10-6-4-7-11-28/h4-13,20-22,31,33-34,36,39,46H,3,14-19,23-26H2,1-2H3/b27-20+/t33-,34+,36-,39-/m1/s1. The van der Waals surface area contributed by atoms with Crippen molar-refractivity contribution in [2.75, 3.05) is 33.4 Å². The van der Waals surface area contributed by atoms with Gasteiger partial charge in [-0.1, -0.05) is 67.1 Å². The lowest BCUT2D eigenvalue weighted by Crippen LogP contribution is -2.47. The maximum Gasteiger partial charge on any atom is 0.234 e. The SMILES string of the molecule is CC/C(=C\c1cc(I)c(O)c(OC)c1)CC[C@H]1OC[C@H]2C1=C(COc1ccccc1)C[C@H]1C(=O)N(C3CCN(Cc4ccccc4)CC3)C(=O)[C@H]12. The Bertz CT molecular complexity index is 1790. The molecule has 0 saturated carbocycles. The highest BCUT2D eigenvalue weighted by molar-refractivity contribution is 14.1. The second-order valence-electron chi connectivity index (χ2n) is 14.2. The van der Waals surface area contributed by atoms with E-state index in [1.165, 1.54) is 16.7 Å². The van der Waals surface area contributed by atoms with E-state index in [0.29, 0.717) is 25.4 Å². The largest absolute Gasteiger partial charge is 0.504 e. The van der Waals surface area contributed by atoms with Gasteiger partial charge in [-0.05, 0) is 108 Å². The molecule has 268 valence electrons. The smallest absolute Gasteiger partial charge is 0.234 e. The van der Waals surface area contributed by atoms with Crippen molar-refractivity contribution in [2.24, 2.45) is 17.8 Å². The van der Waals surface area contributed by atoms with E-state index in [1.807, 2.05) is 48.5 Å². The van der Waals surface area contributed by atoms with Crippen molar-refractivity contribution in [1.82, 2.24) is 9.80 Å². The molecule has 7 rings (SSSR count). The number of benzene rings is 3. The molecule has 4 aliphatic rings. The van der Waals surface area contributed by atoms with E-state index in [2.05, 4.69) is 64.8 Å². The lowest BCUT2D eigenvalue weighted by Gasteiger charge is -2.36. The zero-order valence-corrected chi connectivity index (χ0v) is 31.6. The van der Waals surface area contributed by atoms with Gasteiger partial charge in [0.1, 0.15) is 12.4 Å². The summed E-state index contributed by atoms with van der Waals surface area (Å²) in [6.45, 7) is 5.58. The molecule has 2 amide bonds. The molecule has 1 N–H and O–H groups in total. The normalized spacial score (nSPS) is 24.2. The van der Waals surface area contributed by atoms with Gasteiger partial charge in [0.05, 0.1) is 35.2 Å². The highest BCUT2D eigenvalue weighted by Gasteiger charge is 2.58. The van der Waals surface area contributed by atoms with E-state index in [0.717, 1.165) is 72.2 Å². The Balaban J connectivity index is 1.09. The lowest BCUT2D eigenvalue weighted by atomic mass is 9.69. The molecule has 0 unspecified atom stereocenters. The summed E-state index contributed by atoms with van der Waals surface area (Å²) in [5, 5.41) is 10.3. The van der Waals surface area contributed by atoms with Crippen LogP contribution in [0.1, 0.15) is 56.6 Å². The fourth-order valence-electron chi connectivity index (χ4n) is 8.59. The number of phenols is 1. The molecular formula is C42H47IN2O6. The average Bonchev–Trinajstić information content (AvgIpc) is 3.69. The summed E-state index contributed by atoms with van der Waals surface area (Å²) < 4.78 is 19.0. The van der Waals surface area contributed by atoms with E-state index in [9.17, 15) is 14.7 Å². The highest BCUT2D eigenvalue weighted by atomic mass is 127. The number of carbonyl (C=O) groups excluding carboxylic acids is 2. The van der Waals surface area contributed by atoms with Crippen molar-refractivity contribution in [1.29, 1.82) is 0 Å². The van der Waals surface area contributed by atoms with Crippen LogP contribution in [-0.2, 0) is 20.9 Å². The number of hydrogen-bond donors (Lipinski definition) is 1. The maximum absolute atomic E-state index is 14.3. The summed E-state index contributed by atoms with van der Waals surface area (Å²) in [5.74, 6) is 0.494. The number of ether oxygens (including phenoxy) is 3. The number of piperidine rings is 1. The van der Waals surface area contributed by atoms with E-state index in [4.69, 9.17) is 14.2 Å². The molecule has 0 spiro atoms. The lowest BCUT2D eigenvalue weighted by molar-refractivity contribution is -0.144. The summed E-state index contributed by atoms with van der Waals surface area (Å²) in [7, 11) is 1.56. The Morgan fingerprint density at radius 1 is 1.00 bits per heavy atom. The first-order chi connectivity index (χ1) is 24.8. The number of para-hydroxylation sites is 1. The number of imide groups is 1. The minimum atomic E-state index is -0.381. The molecule has 3 heterocycles. The number of rotatable bonds is 12. The van der Waals surface area contributed by atoms with Crippen molar-refractivity contribution in [3.05, 3.63) is 104 Å². The zero-order valence-electron chi connectivity index (χ0n) is 29.4. The number of halogens is 1. The van der Waals surface area contributed by atoms with Crippen LogP contribution in [-0.4, -0.2) is 72.3 Å². The summed E-state index contributed by atoms with van der Waals surface area (Å²) in [6, 6.07) is 24.0. The molecule has 3 fully saturated rings. The first kappa shape index (κ1) is 35.7. The van der Waals surface area contributed by atoms with Crippen molar-refractivity contribution in [3.63, 3.8) is 0 Å². The number of nitrogens with zero attached hydrogens (tertiary/aromatic N) is 2. The average molecular weight is 803 g/mol. The Kier molecular flexibility index (Phi) is 11.2. The highest BCUT2D eigenvalue weighted by Crippen LogP contribution is 2.51. The Morgan fingerprint density at radius 2 is 1.73 bits per heavy atom. The number of hydrogen-bond acceptors (Lipinski definition) is 7. The third kappa shape index (κ3) is 7.62. The first-order valence-electron chi connectivity index (χ1n) is 18.2. The molecule has 3 saturated heterocycles. The monoisotopic (exact) mass is 802 g/mol. The van der Waals surface area contributed by atoms with Gasteiger partial charge < -0.3 is 19.3 Å². The van der Waals surface area contributed by atoms with Crippen molar-refractivity contribution < 1.29 is 28.9 Å². The van der Waals surface area contributed by atoms with E-state index in [1.54, 1.807) is 12.0 Å². The molecule has 3 aliphatic heterocycles. The molecule has 0 bridgehead atoms. The summed E-state index contributed by atoms with van der Waals surface area (Å²) >= 11 is 2.13. The molecule has 4 atom stereocenters. The summed E-state index contributed by atoms with van der Waals surface area (Å²) in [5.41, 5.74) is 5.80. The minimum absolute atomic E-state index is 0.00805. The van der Waals surface area contributed by atoms with Crippen LogP contribution in [0.4, 0.5) is 0 Å². The second kappa shape index (κ2) is 15.9.